The van der Waals surface area contributed by atoms with Crippen LogP contribution in [0.2, 0.25) is 0 Å². The minimum atomic E-state index is -0.704. The molecule has 9 heteroatoms. The van der Waals surface area contributed by atoms with Gasteiger partial charge in [0.15, 0.2) is 5.82 Å². The van der Waals surface area contributed by atoms with Crippen LogP contribution in [0.4, 0.5) is 15.9 Å². The number of carbonyl (C=O) groups excluding carboxylic acids is 1. The van der Waals surface area contributed by atoms with Crippen molar-refractivity contribution in [2.45, 2.75) is 25.8 Å². The predicted octanol–water partition coefficient (Wildman–Crippen LogP) is 2.70. The van der Waals surface area contributed by atoms with E-state index in [4.69, 9.17) is 14.2 Å². The van der Waals surface area contributed by atoms with Crippen molar-refractivity contribution < 1.29 is 23.4 Å². The van der Waals surface area contributed by atoms with E-state index >= 15 is 0 Å². The van der Waals surface area contributed by atoms with Crippen LogP contribution in [0.25, 0.3) is 0 Å². The van der Waals surface area contributed by atoms with Gasteiger partial charge in [0.2, 0.25) is 11.8 Å². The number of aromatic nitrogens is 3. The maximum absolute atomic E-state index is 13.6. The third kappa shape index (κ3) is 4.10. The average Bonchev–Trinajstić information content (AvgIpc) is 3.06. The first-order chi connectivity index (χ1) is 12.6. The SMILES string of the molecule is CCOC(=O)c1cn(C2CCCOC2)nc1Nc1cc(F)nc(OC)c1. The Balaban J connectivity index is 1.91. The van der Waals surface area contributed by atoms with Gasteiger partial charge in [0, 0.05) is 30.6 Å². The molecular formula is C17H21FN4O4. The molecule has 0 spiro atoms. The summed E-state index contributed by atoms with van der Waals surface area (Å²) in [7, 11) is 1.40. The van der Waals surface area contributed by atoms with Crippen LogP contribution in [0.3, 0.4) is 0 Å². The molecule has 26 heavy (non-hydrogen) atoms. The number of carbonyl (C=O) groups is 1. The van der Waals surface area contributed by atoms with E-state index in [1.807, 2.05) is 0 Å². The summed E-state index contributed by atoms with van der Waals surface area (Å²) in [6.45, 7) is 3.23. The highest BCUT2D eigenvalue weighted by Gasteiger charge is 2.23. The van der Waals surface area contributed by atoms with Crippen LogP contribution in [0.15, 0.2) is 18.3 Å². The molecule has 140 valence electrons. The van der Waals surface area contributed by atoms with Crippen LogP contribution >= 0.6 is 0 Å². The summed E-state index contributed by atoms with van der Waals surface area (Å²) < 4.78 is 30.9. The van der Waals surface area contributed by atoms with Crippen LogP contribution in [0, 0.1) is 5.95 Å². The summed E-state index contributed by atoms with van der Waals surface area (Å²) in [4.78, 5) is 15.9. The zero-order valence-corrected chi connectivity index (χ0v) is 14.7. The molecule has 8 nitrogen and oxygen atoms in total. The van der Waals surface area contributed by atoms with E-state index < -0.39 is 11.9 Å². The number of methoxy groups -OCH3 is 1. The molecule has 0 amide bonds. The fourth-order valence-corrected chi connectivity index (χ4v) is 2.75. The standard InChI is InChI=1S/C17H21FN4O4/c1-3-26-17(23)13-9-22(12-5-4-6-25-10-12)21-16(13)19-11-7-14(18)20-15(8-11)24-2/h7-9,12H,3-6,10H2,1-2H3,(H,19,20,21). The zero-order chi connectivity index (χ0) is 18.5. The summed E-state index contributed by atoms with van der Waals surface area (Å²) in [6, 6.07) is 2.75. The summed E-state index contributed by atoms with van der Waals surface area (Å²) >= 11 is 0. The molecule has 0 radical (unpaired) electrons. The van der Waals surface area contributed by atoms with Gasteiger partial charge in [-0.2, -0.15) is 14.5 Å². The Morgan fingerprint density at radius 2 is 2.35 bits per heavy atom. The van der Waals surface area contributed by atoms with E-state index in [9.17, 15) is 9.18 Å². The number of hydrogen-bond donors (Lipinski definition) is 1. The van der Waals surface area contributed by atoms with Gasteiger partial charge in [-0.25, -0.2) is 4.79 Å². The molecule has 1 aliphatic rings. The third-order valence-corrected chi connectivity index (χ3v) is 3.98. The quantitative estimate of drug-likeness (QED) is 0.623. The van der Waals surface area contributed by atoms with Gasteiger partial charge in [0.1, 0.15) is 5.56 Å². The van der Waals surface area contributed by atoms with Crippen LogP contribution in [-0.4, -0.2) is 47.7 Å². The lowest BCUT2D eigenvalue weighted by Gasteiger charge is -2.22. The molecule has 3 rings (SSSR count). The van der Waals surface area contributed by atoms with Gasteiger partial charge in [0.05, 0.1) is 26.4 Å². The van der Waals surface area contributed by atoms with Crippen molar-refractivity contribution in [3.63, 3.8) is 0 Å². The van der Waals surface area contributed by atoms with Gasteiger partial charge in [-0.3, -0.25) is 4.68 Å². The van der Waals surface area contributed by atoms with Gasteiger partial charge >= 0.3 is 5.97 Å². The predicted molar refractivity (Wildman–Crippen MR) is 91.3 cm³/mol. The van der Waals surface area contributed by atoms with E-state index in [1.54, 1.807) is 17.8 Å². The molecule has 1 N–H and O–H groups in total. The van der Waals surface area contributed by atoms with Crippen LogP contribution in [-0.2, 0) is 9.47 Å². The molecule has 1 atom stereocenters. The molecule has 0 saturated carbocycles. The second-order valence-electron chi connectivity index (χ2n) is 5.81. The van der Waals surface area contributed by atoms with Crippen LogP contribution in [0.5, 0.6) is 5.88 Å². The fourth-order valence-electron chi connectivity index (χ4n) is 2.75. The van der Waals surface area contributed by atoms with Crippen molar-refractivity contribution in [1.29, 1.82) is 0 Å². The Hall–Kier alpha value is -2.68. The van der Waals surface area contributed by atoms with E-state index in [1.165, 1.54) is 19.2 Å². The van der Waals surface area contributed by atoms with Crippen molar-refractivity contribution in [3.8, 4) is 5.88 Å². The third-order valence-electron chi connectivity index (χ3n) is 3.98. The fraction of sp³-hybridized carbons (Fsp3) is 0.471. The lowest BCUT2D eigenvalue weighted by molar-refractivity contribution is 0.0516. The molecule has 2 aromatic heterocycles. The number of ether oxygens (including phenoxy) is 3. The lowest BCUT2D eigenvalue weighted by atomic mass is 10.1. The second kappa shape index (κ2) is 8.13. The Kier molecular flexibility index (Phi) is 5.67. The second-order valence-corrected chi connectivity index (χ2v) is 5.81. The molecular weight excluding hydrogens is 343 g/mol. The highest BCUT2D eigenvalue weighted by atomic mass is 19.1. The minimum absolute atomic E-state index is 0.0381. The number of anilines is 2. The number of hydrogen-bond acceptors (Lipinski definition) is 7. The molecule has 3 heterocycles. The number of pyridine rings is 1. The summed E-state index contributed by atoms with van der Waals surface area (Å²) in [5.41, 5.74) is 0.638. The molecule has 1 aliphatic heterocycles. The maximum atomic E-state index is 13.6. The van der Waals surface area contributed by atoms with Crippen molar-refractivity contribution in [1.82, 2.24) is 14.8 Å². The van der Waals surface area contributed by atoms with Crippen LogP contribution < -0.4 is 10.1 Å². The van der Waals surface area contributed by atoms with Gasteiger partial charge in [0.25, 0.3) is 0 Å². The Morgan fingerprint density at radius 1 is 1.50 bits per heavy atom. The van der Waals surface area contributed by atoms with Gasteiger partial charge < -0.3 is 19.5 Å². The van der Waals surface area contributed by atoms with E-state index in [2.05, 4.69) is 15.4 Å². The van der Waals surface area contributed by atoms with Gasteiger partial charge in [-0.1, -0.05) is 0 Å². The number of halogens is 1. The molecule has 1 fully saturated rings. The van der Waals surface area contributed by atoms with Gasteiger partial charge in [-0.15, -0.1) is 0 Å². The summed E-state index contributed by atoms with van der Waals surface area (Å²) in [5, 5.41) is 7.41. The van der Waals surface area contributed by atoms with Crippen molar-refractivity contribution in [3.05, 3.63) is 29.8 Å². The van der Waals surface area contributed by atoms with Crippen LogP contribution in [0.1, 0.15) is 36.2 Å². The summed E-state index contributed by atoms with van der Waals surface area (Å²) in [6.07, 6.45) is 3.46. The van der Waals surface area contributed by atoms with Gasteiger partial charge in [-0.05, 0) is 19.8 Å². The molecule has 0 bridgehead atoms. The molecule has 0 aromatic carbocycles. The van der Waals surface area contributed by atoms with Crippen molar-refractivity contribution in [2.24, 2.45) is 0 Å². The smallest absolute Gasteiger partial charge is 0.343 e. The molecule has 1 saturated heterocycles. The average molecular weight is 364 g/mol. The Morgan fingerprint density at radius 3 is 3.04 bits per heavy atom. The monoisotopic (exact) mass is 364 g/mol. The first-order valence-corrected chi connectivity index (χ1v) is 8.43. The highest BCUT2D eigenvalue weighted by molar-refractivity contribution is 5.95. The van der Waals surface area contributed by atoms with E-state index in [-0.39, 0.29) is 29.9 Å². The maximum Gasteiger partial charge on any atom is 0.343 e. The normalized spacial score (nSPS) is 17.0. The number of nitrogens with one attached hydrogen (secondary N) is 1. The number of rotatable bonds is 6. The number of esters is 1. The Labute approximate surface area is 150 Å². The van der Waals surface area contributed by atoms with Crippen molar-refractivity contribution in [2.75, 3.05) is 32.2 Å². The number of nitrogens with zero attached hydrogens (tertiary/aromatic N) is 3. The molecule has 0 aliphatic carbocycles. The van der Waals surface area contributed by atoms with E-state index in [0.717, 1.165) is 19.4 Å². The highest BCUT2D eigenvalue weighted by Crippen LogP contribution is 2.26. The minimum Gasteiger partial charge on any atom is -0.481 e. The molecule has 2 aromatic rings. The van der Waals surface area contributed by atoms with E-state index in [0.29, 0.717) is 12.3 Å². The first kappa shape index (κ1) is 18.1. The Bertz CT molecular complexity index is 774. The first-order valence-electron chi connectivity index (χ1n) is 8.43. The summed E-state index contributed by atoms with van der Waals surface area (Å²) in [5.74, 6) is -0.809. The zero-order valence-electron chi connectivity index (χ0n) is 14.7. The molecule has 1 unspecified atom stereocenters. The largest absolute Gasteiger partial charge is 0.481 e. The topological polar surface area (TPSA) is 87.5 Å². The lowest BCUT2D eigenvalue weighted by Crippen LogP contribution is -2.21. The van der Waals surface area contributed by atoms with Crippen molar-refractivity contribution >= 4 is 17.5 Å².